The molecule has 1 nitrogen and oxygen atoms in total. The molecular weight excluding hydrogens is 184 g/mol. The molecule has 2 rings (SSSR count). The van der Waals surface area contributed by atoms with Crippen molar-refractivity contribution in [2.24, 2.45) is 0 Å². The molecule has 2 unspecified atom stereocenters. The minimum absolute atomic E-state index is 0.636. The van der Waals surface area contributed by atoms with Crippen LogP contribution in [0.3, 0.4) is 0 Å². The van der Waals surface area contributed by atoms with Crippen molar-refractivity contribution in [2.75, 3.05) is 0 Å². The van der Waals surface area contributed by atoms with Crippen molar-refractivity contribution < 1.29 is 6.48 Å². The number of aliphatic hydroxyl groups is 1. The van der Waals surface area contributed by atoms with Gasteiger partial charge in [-0.2, -0.15) is 0 Å². The molecule has 0 radical (unpaired) electrons. The zero-order chi connectivity index (χ0) is 11.4. The molecule has 1 N–H and O–H groups in total. The fourth-order valence-electron chi connectivity index (χ4n) is 1.49. The maximum Gasteiger partial charge on any atom is 0.0830 e. The highest BCUT2D eigenvalue weighted by molar-refractivity contribution is 5.22. The van der Waals surface area contributed by atoms with Gasteiger partial charge < -0.3 is 5.11 Å². The third-order valence-corrected chi connectivity index (χ3v) is 2.29. The zero-order valence-corrected chi connectivity index (χ0v) is 8.38. The summed E-state index contributed by atoms with van der Waals surface area (Å²) in [5, 5.41) is 10.1. The van der Waals surface area contributed by atoms with E-state index in [-0.39, 0.29) is 0 Å². The number of hydrogen-bond donors (Lipinski definition) is 1. The van der Waals surface area contributed by atoms with Crippen LogP contribution in [0.5, 0.6) is 0 Å². The van der Waals surface area contributed by atoms with Crippen molar-refractivity contribution in [3.05, 3.63) is 71.8 Å². The minimum Gasteiger partial charge on any atom is -0.388 e. The van der Waals surface area contributed by atoms with Gasteiger partial charge in [-0.05, 0) is 11.1 Å². The Hall–Kier alpha value is -1.60. The number of hydrogen-bond acceptors (Lipinski definition) is 1. The maximum atomic E-state index is 10.1. The first-order valence-electron chi connectivity index (χ1n) is 5.57. The molecule has 2 aromatic rings. The normalized spacial score (nSPS) is 15.4. The first-order chi connectivity index (χ1) is 7.79. The molecule has 0 aliphatic heterocycles. The summed E-state index contributed by atoms with van der Waals surface area (Å²) < 4.78 is 8.01. The van der Waals surface area contributed by atoms with Gasteiger partial charge in [0, 0.05) is 7.77 Å². The molecule has 0 bridgehead atoms. The summed E-state index contributed by atoms with van der Waals surface area (Å²) >= 11 is 0. The number of rotatable bonds is 3. The van der Waals surface area contributed by atoms with Gasteiger partial charge in [-0.15, -0.1) is 0 Å². The van der Waals surface area contributed by atoms with E-state index in [1.807, 2.05) is 60.7 Å². The predicted molar refractivity (Wildman–Crippen MR) is 61.5 cm³/mol. The van der Waals surface area contributed by atoms with Crippen molar-refractivity contribution in [1.82, 2.24) is 0 Å². The third kappa shape index (κ3) is 2.67. The van der Waals surface area contributed by atoms with Gasteiger partial charge in [0.2, 0.25) is 0 Å². The lowest BCUT2D eigenvalue weighted by atomic mass is 10.0. The molecule has 2 aromatic carbocycles. The van der Waals surface area contributed by atoms with Gasteiger partial charge in [-0.25, -0.2) is 0 Å². The van der Waals surface area contributed by atoms with Crippen molar-refractivity contribution in [3.63, 3.8) is 0 Å². The van der Waals surface area contributed by atoms with E-state index in [1.54, 1.807) is 0 Å². The Morgan fingerprint density at radius 3 is 2.07 bits per heavy atom. The Labute approximate surface area is 91.4 Å². The van der Waals surface area contributed by atoms with Crippen LogP contribution in [-0.4, -0.2) is 5.11 Å². The second kappa shape index (κ2) is 4.76. The van der Waals surface area contributed by atoms with Crippen LogP contribution >= 0.6 is 0 Å². The van der Waals surface area contributed by atoms with E-state index in [4.69, 9.17) is 1.37 Å². The Bertz CT molecular complexity index is 384. The number of benzene rings is 2. The number of aliphatic hydroxyl groups excluding tert-OH is 1. The van der Waals surface area contributed by atoms with E-state index in [0.717, 1.165) is 11.1 Å². The molecule has 0 heterocycles. The van der Waals surface area contributed by atoms with Crippen molar-refractivity contribution >= 4 is 0 Å². The van der Waals surface area contributed by atoms with Gasteiger partial charge in [0.1, 0.15) is 0 Å². The molecule has 0 saturated heterocycles. The fraction of sp³-hybridized carbons (Fsp3) is 0.143. The monoisotopic (exact) mass is 199 g/mol. The fourth-order valence-corrected chi connectivity index (χ4v) is 1.49. The third-order valence-electron chi connectivity index (χ3n) is 2.29. The summed E-state index contributed by atoms with van der Waals surface area (Å²) in [6.45, 7) is 0. The van der Waals surface area contributed by atoms with Gasteiger partial charge in [0.05, 0.1) is 6.10 Å². The first-order valence-corrected chi connectivity index (χ1v) is 4.99. The topological polar surface area (TPSA) is 20.2 Å². The molecular formula is C14H14O. The summed E-state index contributed by atoms with van der Waals surface area (Å²) in [7, 11) is 0. The van der Waals surface area contributed by atoms with Crippen molar-refractivity contribution in [1.29, 1.82) is 0 Å². The average Bonchev–Trinajstić information content (AvgIpc) is 2.39. The van der Waals surface area contributed by atoms with Crippen LogP contribution in [0, 0.1) is 0 Å². The molecule has 1 heteroatoms. The lowest BCUT2D eigenvalue weighted by Crippen LogP contribution is -2.01. The quantitative estimate of drug-likeness (QED) is 0.805. The Morgan fingerprint density at radius 1 is 0.933 bits per heavy atom. The summed E-state index contributed by atoms with van der Waals surface area (Å²) in [5.74, 6) is 0. The van der Waals surface area contributed by atoms with E-state index < -0.39 is 12.5 Å². The van der Waals surface area contributed by atoms with E-state index in [1.165, 1.54) is 0 Å². The molecule has 0 aliphatic carbocycles. The summed E-state index contributed by atoms with van der Waals surface area (Å²) in [5.41, 5.74) is 1.62. The smallest absolute Gasteiger partial charge is 0.0830 e. The molecule has 0 amide bonds. The highest BCUT2D eigenvalue weighted by Gasteiger charge is 2.06. The maximum absolute atomic E-state index is 10.1. The van der Waals surface area contributed by atoms with Crippen LogP contribution in [0.15, 0.2) is 60.7 Å². The second-order valence-corrected chi connectivity index (χ2v) is 3.43. The Kier molecular flexibility index (Phi) is 2.76. The summed E-state index contributed by atoms with van der Waals surface area (Å²) in [4.78, 5) is 0. The zero-order valence-electron chi connectivity index (χ0n) is 9.38. The molecule has 2 atom stereocenters. The van der Waals surface area contributed by atoms with Crippen LogP contribution in [0.25, 0.3) is 0 Å². The van der Waals surface area contributed by atoms with Crippen molar-refractivity contribution in [3.8, 4) is 0 Å². The molecule has 0 spiro atoms. The van der Waals surface area contributed by atoms with Gasteiger partial charge in [0.15, 0.2) is 0 Å². The highest BCUT2D eigenvalue weighted by atomic mass is 16.3. The largest absolute Gasteiger partial charge is 0.388 e. The average molecular weight is 199 g/mol. The van der Waals surface area contributed by atoms with E-state index >= 15 is 0 Å². The second-order valence-electron chi connectivity index (χ2n) is 3.43. The lowest BCUT2D eigenvalue weighted by molar-refractivity contribution is 0.178. The molecule has 0 fully saturated rings. The Morgan fingerprint density at radius 2 is 1.47 bits per heavy atom. The molecule has 0 aromatic heterocycles. The molecule has 0 aliphatic rings. The van der Waals surface area contributed by atoms with E-state index in [2.05, 4.69) is 0 Å². The van der Waals surface area contributed by atoms with Crippen LogP contribution in [0.4, 0.5) is 0 Å². The lowest BCUT2D eigenvalue weighted by Gasteiger charge is -2.10. The SMILES string of the molecule is [2H]C(c1ccccc1)C(O)c1ccccc1. The van der Waals surface area contributed by atoms with Crippen LogP contribution in [-0.2, 0) is 6.40 Å². The van der Waals surface area contributed by atoms with Crippen molar-refractivity contribution in [2.45, 2.75) is 12.5 Å². The molecule has 76 valence electrons. The standard InChI is InChI=1S/C14H14O/c15-14(13-9-5-2-6-10-13)11-12-7-3-1-4-8-12/h1-10,14-15H,11H2/i11D. The summed E-state index contributed by atoms with van der Waals surface area (Å²) in [6, 6.07) is 18.7. The molecule has 0 saturated carbocycles. The Balaban J connectivity index is 2.20. The van der Waals surface area contributed by atoms with Crippen LogP contribution < -0.4 is 0 Å². The molecule has 15 heavy (non-hydrogen) atoms. The summed E-state index contributed by atoms with van der Waals surface area (Å²) in [6.07, 6.45) is -1.41. The minimum atomic E-state index is -0.774. The van der Waals surface area contributed by atoms with Gasteiger partial charge >= 0.3 is 0 Å². The van der Waals surface area contributed by atoms with E-state index in [9.17, 15) is 5.11 Å². The van der Waals surface area contributed by atoms with Gasteiger partial charge in [-0.1, -0.05) is 60.7 Å². The van der Waals surface area contributed by atoms with Gasteiger partial charge in [-0.3, -0.25) is 0 Å². The predicted octanol–water partition coefficient (Wildman–Crippen LogP) is 2.96. The first kappa shape index (κ1) is 8.69. The van der Waals surface area contributed by atoms with Gasteiger partial charge in [0.25, 0.3) is 0 Å². The van der Waals surface area contributed by atoms with Crippen LogP contribution in [0.2, 0.25) is 0 Å². The van der Waals surface area contributed by atoms with E-state index in [0.29, 0.717) is 0 Å². The highest BCUT2D eigenvalue weighted by Crippen LogP contribution is 2.17. The van der Waals surface area contributed by atoms with Crippen LogP contribution in [0.1, 0.15) is 18.6 Å².